The van der Waals surface area contributed by atoms with E-state index in [4.69, 9.17) is 5.26 Å². The molecule has 0 N–H and O–H groups in total. The molecule has 1 rings (SSSR count). The zero-order valence-electron chi connectivity index (χ0n) is 7.74. The van der Waals surface area contributed by atoms with Crippen molar-refractivity contribution in [3.8, 4) is 6.07 Å². The molecule has 0 aliphatic heterocycles. The molecular formula is C11H11NO. The van der Waals surface area contributed by atoms with Crippen molar-refractivity contribution in [2.75, 3.05) is 0 Å². The van der Waals surface area contributed by atoms with Crippen LogP contribution < -0.4 is 0 Å². The van der Waals surface area contributed by atoms with E-state index in [0.717, 1.165) is 0 Å². The Kier molecular flexibility index (Phi) is 2.81. The second kappa shape index (κ2) is 3.86. The number of Topliss-reactive ketones (excluding diaryl/α,β-unsaturated/α-hetero) is 1. The third-order valence-electron chi connectivity index (χ3n) is 1.84. The normalized spacial score (nSPS) is 9.69. The summed E-state index contributed by atoms with van der Waals surface area (Å²) in [7, 11) is 0. The Bertz CT molecular complexity index is 361. The fraction of sp³-hybridized carbons (Fsp3) is 0.273. The molecule has 0 spiro atoms. The lowest BCUT2D eigenvalue weighted by atomic mass is 9.97. The van der Waals surface area contributed by atoms with Crippen molar-refractivity contribution in [3.63, 3.8) is 0 Å². The van der Waals surface area contributed by atoms with Crippen LogP contribution >= 0.6 is 0 Å². The van der Waals surface area contributed by atoms with E-state index in [9.17, 15) is 4.79 Å². The van der Waals surface area contributed by atoms with Crippen LogP contribution in [0.25, 0.3) is 0 Å². The van der Waals surface area contributed by atoms with Crippen molar-refractivity contribution in [1.82, 2.24) is 0 Å². The molecule has 0 unspecified atom stereocenters. The van der Waals surface area contributed by atoms with E-state index in [1.54, 1.807) is 24.3 Å². The SMILES string of the molecule is CC(C)C(=O)c1ccccc1C#N. The van der Waals surface area contributed by atoms with Crippen LogP contribution in [0, 0.1) is 17.2 Å². The average molecular weight is 173 g/mol. The summed E-state index contributed by atoms with van der Waals surface area (Å²) >= 11 is 0. The highest BCUT2D eigenvalue weighted by atomic mass is 16.1. The molecule has 2 heteroatoms. The Labute approximate surface area is 77.8 Å². The van der Waals surface area contributed by atoms with Gasteiger partial charge in [0.05, 0.1) is 11.6 Å². The maximum atomic E-state index is 11.6. The number of hydrogen-bond acceptors (Lipinski definition) is 2. The first-order valence-corrected chi connectivity index (χ1v) is 4.20. The number of benzene rings is 1. The van der Waals surface area contributed by atoms with E-state index >= 15 is 0 Å². The third-order valence-corrected chi connectivity index (χ3v) is 1.84. The van der Waals surface area contributed by atoms with Crippen molar-refractivity contribution in [2.24, 2.45) is 5.92 Å². The molecular weight excluding hydrogens is 162 g/mol. The molecule has 1 aromatic carbocycles. The van der Waals surface area contributed by atoms with Crippen LogP contribution in [0.15, 0.2) is 24.3 Å². The van der Waals surface area contributed by atoms with Crippen LogP contribution in [-0.2, 0) is 0 Å². The van der Waals surface area contributed by atoms with Crippen LogP contribution in [0.3, 0.4) is 0 Å². The van der Waals surface area contributed by atoms with E-state index in [1.807, 2.05) is 19.9 Å². The minimum atomic E-state index is -0.0606. The van der Waals surface area contributed by atoms with Gasteiger partial charge in [-0.15, -0.1) is 0 Å². The van der Waals surface area contributed by atoms with Crippen LogP contribution in [0.4, 0.5) is 0 Å². The Hall–Kier alpha value is -1.62. The molecule has 66 valence electrons. The Balaban J connectivity index is 3.15. The number of carbonyl (C=O) groups excluding carboxylic acids is 1. The molecule has 0 saturated heterocycles. The highest BCUT2D eigenvalue weighted by molar-refractivity contribution is 5.99. The molecule has 1 aromatic rings. The van der Waals surface area contributed by atoms with Crippen molar-refractivity contribution >= 4 is 5.78 Å². The molecule has 0 bridgehead atoms. The van der Waals surface area contributed by atoms with Gasteiger partial charge in [0, 0.05) is 11.5 Å². The highest BCUT2D eigenvalue weighted by Crippen LogP contribution is 2.12. The van der Waals surface area contributed by atoms with Gasteiger partial charge in [-0.25, -0.2) is 0 Å². The first-order valence-electron chi connectivity index (χ1n) is 4.20. The number of hydrogen-bond donors (Lipinski definition) is 0. The van der Waals surface area contributed by atoms with Crippen LogP contribution in [0.5, 0.6) is 0 Å². The van der Waals surface area contributed by atoms with Gasteiger partial charge in [-0.2, -0.15) is 5.26 Å². The summed E-state index contributed by atoms with van der Waals surface area (Å²) in [4.78, 5) is 11.6. The molecule has 13 heavy (non-hydrogen) atoms. The molecule has 0 amide bonds. The van der Waals surface area contributed by atoms with Gasteiger partial charge in [-0.3, -0.25) is 4.79 Å². The summed E-state index contributed by atoms with van der Waals surface area (Å²) in [5.41, 5.74) is 0.987. The Morgan fingerprint density at radius 2 is 2.00 bits per heavy atom. The zero-order valence-corrected chi connectivity index (χ0v) is 7.74. The average Bonchev–Trinajstić information content (AvgIpc) is 2.16. The summed E-state index contributed by atoms with van der Waals surface area (Å²) < 4.78 is 0. The maximum absolute atomic E-state index is 11.6. The van der Waals surface area contributed by atoms with Gasteiger partial charge in [-0.1, -0.05) is 32.0 Å². The number of nitrogens with zero attached hydrogens (tertiary/aromatic N) is 1. The first kappa shape index (κ1) is 9.47. The summed E-state index contributed by atoms with van der Waals surface area (Å²) in [6.07, 6.45) is 0. The van der Waals surface area contributed by atoms with Crippen LogP contribution in [-0.4, -0.2) is 5.78 Å². The van der Waals surface area contributed by atoms with E-state index in [1.165, 1.54) is 0 Å². The van der Waals surface area contributed by atoms with Gasteiger partial charge in [-0.05, 0) is 6.07 Å². The number of rotatable bonds is 2. The summed E-state index contributed by atoms with van der Waals surface area (Å²) in [5.74, 6) is -0.0355. The van der Waals surface area contributed by atoms with Gasteiger partial charge in [0.1, 0.15) is 0 Å². The fourth-order valence-corrected chi connectivity index (χ4v) is 1.11. The molecule has 2 nitrogen and oxygen atoms in total. The zero-order chi connectivity index (χ0) is 9.84. The molecule has 0 atom stereocenters. The molecule has 0 aliphatic carbocycles. The predicted molar refractivity (Wildman–Crippen MR) is 50.3 cm³/mol. The van der Waals surface area contributed by atoms with E-state index in [-0.39, 0.29) is 11.7 Å². The number of carbonyl (C=O) groups is 1. The Morgan fingerprint density at radius 1 is 1.38 bits per heavy atom. The topological polar surface area (TPSA) is 40.9 Å². The second-order valence-electron chi connectivity index (χ2n) is 3.18. The van der Waals surface area contributed by atoms with E-state index in [2.05, 4.69) is 0 Å². The molecule has 0 heterocycles. The molecule has 0 aromatic heterocycles. The summed E-state index contributed by atoms with van der Waals surface area (Å²) in [6.45, 7) is 3.66. The lowest BCUT2D eigenvalue weighted by Gasteiger charge is -2.04. The molecule has 0 saturated carbocycles. The van der Waals surface area contributed by atoms with Crippen molar-refractivity contribution in [2.45, 2.75) is 13.8 Å². The summed E-state index contributed by atoms with van der Waals surface area (Å²) in [5, 5.41) is 8.75. The van der Waals surface area contributed by atoms with Crippen molar-refractivity contribution in [1.29, 1.82) is 5.26 Å². The fourth-order valence-electron chi connectivity index (χ4n) is 1.11. The number of nitriles is 1. The minimum absolute atomic E-state index is 0.0251. The van der Waals surface area contributed by atoms with Gasteiger partial charge in [0.25, 0.3) is 0 Å². The maximum Gasteiger partial charge on any atom is 0.166 e. The van der Waals surface area contributed by atoms with E-state index in [0.29, 0.717) is 11.1 Å². The standard InChI is InChI=1S/C11H11NO/c1-8(2)11(13)10-6-4-3-5-9(10)7-12/h3-6,8H,1-2H3. The van der Waals surface area contributed by atoms with E-state index < -0.39 is 0 Å². The quantitative estimate of drug-likeness (QED) is 0.644. The predicted octanol–water partition coefficient (Wildman–Crippen LogP) is 2.40. The summed E-state index contributed by atoms with van der Waals surface area (Å²) in [6, 6.07) is 8.90. The monoisotopic (exact) mass is 173 g/mol. The Morgan fingerprint density at radius 3 is 2.54 bits per heavy atom. The molecule has 0 aliphatic rings. The van der Waals surface area contributed by atoms with Crippen LogP contribution in [0.1, 0.15) is 29.8 Å². The minimum Gasteiger partial charge on any atom is -0.294 e. The lowest BCUT2D eigenvalue weighted by molar-refractivity contribution is 0.0939. The van der Waals surface area contributed by atoms with Gasteiger partial charge in [0.15, 0.2) is 5.78 Å². The lowest BCUT2D eigenvalue weighted by Crippen LogP contribution is -2.09. The number of ketones is 1. The molecule has 0 radical (unpaired) electrons. The first-order chi connectivity index (χ1) is 6.16. The van der Waals surface area contributed by atoms with Gasteiger partial charge in [0.2, 0.25) is 0 Å². The molecule has 0 fully saturated rings. The smallest absolute Gasteiger partial charge is 0.166 e. The van der Waals surface area contributed by atoms with Gasteiger partial charge < -0.3 is 0 Å². The largest absolute Gasteiger partial charge is 0.294 e. The van der Waals surface area contributed by atoms with Crippen LogP contribution in [0.2, 0.25) is 0 Å². The highest BCUT2D eigenvalue weighted by Gasteiger charge is 2.13. The third kappa shape index (κ3) is 1.94. The second-order valence-corrected chi connectivity index (χ2v) is 3.18. The van der Waals surface area contributed by atoms with Gasteiger partial charge >= 0.3 is 0 Å². The van der Waals surface area contributed by atoms with Crippen molar-refractivity contribution in [3.05, 3.63) is 35.4 Å². The van der Waals surface area contributed by atoms with Crippen molar-refractivity contribution < 1.29 is 4.79 Å².